The summed E-state index contributed by atoms with van der Waals surface area (Å²) in [5.74, 6) is 0.693. The number of anilines is 1. The highest BCUT2D eigenvalue weighted by Gasteiger charge is 2.07. The van der Waals surface area contributed by atoms with E-state index in [9.17, 15) is 4.79 Å². The molecule has 0 aliphatic rings. The number of H-pyrrole nitrogens is 1. The lowest BCUT2D eigenvalue weighted by molar-refractivity contribution is 0.415. The number of methoxy groups -OCH3 is 1. The Morgan fingerprint density at radius 1 is 1.37 bits per heavy atom. The quantitative estimate of drug-likeness (QED) is 0.750. The number of benzene rings is 1. The van der Waals surface area contributed by atoms with Crippen LogP contribution >= 0.6 is 11.3 Å². The minimum atomic E-state index is -0.0574. The summed E-state index contributed by atoms with van der Waals surface area (Å²) < 4.78 is 5.16. The normalized spacial score (nSPS) is 10.8. The summed E-state index contributed by atoms with van der Waals surface area (Å²) in [6.45, 7) is 0. The third-order valence-electron chi connectivity index (χ3n) is 2.83. The summed E-state index contributed by atoms with van der Waals surface area (Å²) in [6, 6.07) is 6.82. The zero-order valence-electron chi connectivity index (χ0n) is 10.1. The number of nitrogens with one attached hydrogen (secondary N) is 1. The SMILES string of the molecule is COc1ccc2c(=O)cc(-c3csc(N)n3)[nH]c2c1. The molecule has 0 unspecified atom stereocenters. The average molecular weight is 273 g/mol. The highest BCUT2D eigenvalue weighted by molar-refractivity contribution is 7.13. The lowest BCUT2D eigenvalue weighted by atomic mass is 10.1. The third kappa shape index (κ3) is 2.06. The smallest absolute Gasteiger partial charge is 0.190 e. The number of pyridine rings is 1. The van der Waals surface area contributed by atoms with Gasteiger partial charge in [0.05, 0.1) is 24.0 Å². The number of nitrogens with two attached hydrogens (primary N) is 1. The van der Waals surface area contributed by atoms with E-state index in [4.69, 9.17) is 10.5 Å². The number of nitrogen functional groups attached to an aromatic ring is 1. The molecule has 0 bridgehead atoms. The molecule has 3 N–H and O–H groups in total. The Labute approximate surface area is 112 Å². The molecule has 2 heterocycles. The fourth-order valence-electron chi connectivity index (χ4n) is 1.91. The molecule has 3 aromatic rings. The summed E-state index contributed by atoms with van der Waals surface area (Å²) in [6.07, 6.45) is 0. The lowest BCUT2D eigenvalue weighted by Gasteiger charge is -2.04. The van der Waals surface area contributed by atoms with Gasteiger partial charge in [0.15, 0.2) is 10.6 Å². The number of thiazole rings is 1. The molecule has 0 amide bonds. The van der Waals surface area contributed by atoms with E-state index in [2.05, 4.69) is 9.97 Å². The Morgan fingerprint density at radius 3 is 2.89 bits per heavy atom. The number of rotatable bonds is 2. The first-order valence-electron chi connectivity index (χ1n) is 5.60. The Bertz CT molecular complexity index is 807. The van der Waals surface area contributed by atoms with Gasteiger partial charge >= 0.3 is 0 Å². The van der Waals surface area contributed by atoms with Crippen molar-refractivity contribution in [3.05, 3.63) is 39.9 Å². The van der Waals surface area contributed by atoms with Gasteiger partial charge in [-0.25, -0.2) is 4.98 Å². The molecule has 3 rings (SSSR count). The fourth-order valence-corrected chi connectivity index (χ4v) is 2.47. The minimum absolute atomic E-state index is 0.0574. The molecule has 2 aromatic heterocycles. The van der Waals surface area contributed by atoms with Crippen LogP contribution in [-0.4, -0.2) is 17.1 Å². The van der Waals surface area contributed by atoms with Gasteiger partial charge in [-0.15, -0.1) is 11.3 Å². The number of aromatic amines is 1. The van der Waals surface area contributed by atoms with Crippen LogP contribution in [-0.2, 0) is 0 Å². The van der Waals surface area contributed by atoms with E-state index < -0.39 is 0 Å². The molecule has 0 radical (unpaired) electrons. The average Bonchev–Trinajstić information content (AvgIpc) is 2.84. The first-order valence-corrected chi connectivity index (χ1v) is 6.48. The number of hydrogen-bond acceptors (Lipinski definition) is 5. The van der Waals surface area contributed by atoms with E-state index in [1.54, 1.807) is 25.3 Å². The minimum Gasteiger partial charge on any atom is -0.497 e. The topological polar surface area (TPSA) is 81.0 Å². The predicted molar refractivity (Wildman–Crippen MR) is 76.6 cm³/mol. The van der Waals surface area contributed by atoms with E-state index in [0.717, 1.165) is 0 Å². The Morgan fingerprint density at radius 2 is 2.21 bits per heavy atom. The predicted octanol–water partition coefficient (Wildman–Crippen LogP) is 2.24. The standard InChI is InChI=1S/C13H11N3O2S/c1-18-7-2-3-8-9(4-7)15-10(5-12(8)17)11-6-19-13(14)16-11/h2-6H,1H3,(H2,14,16)(H,15,17). The molecule has 5 nitrogen and oxygen atoms in total. The van der Waals surface area contributed by atoms with Crippen molar-refractivity contribution in [3.8, 4) is 17.1 Å². The van der Waals surface area contributed by atoms with Crippen LogP contribution in [0.25, 0.3) is 22.3 Å². The van der Waals surface area contributed by atoms with Crippen molar-refractivity contribution in [1.29, 1.82) is 0 Å². The maximum Gasteiger partial charge on any atom is 0.190 e. The van der Waals surface area contributed by atoms with Crippen LogP contribution in [0.3, 0.4) is 0 Å². The Balaban J connectivity index is 2.25. The Kier molecular flexibility index (Phi) is 2.72. The first kappa shape index (κ1) is 11.7. The van der Waals surface area contributed by atoms with Crippen molar-refractivity contribution in [2.75, 3.05) is 12.8 Å². The van der Waals surface area contributed by atoms with Gasteiger partial charge in [-0.05, 0) is 12.1 Å². The maximum atomic E-state index is 12.1. The summed E-state index contributed by atoms with van der Waals surface area (Å²) in [4.78, 5) is 19.4. The van der Waals surface area contributed by atoms with Crippen LogP contribution in [0, 0.1) is 0 Å². The van der Waals surface area contributed by atoms with Gasteiger partial charge in [0.25, 0.3) is 0 Å². The highest BCUT2D eigenvalue weighted by Crippen LogP contribution is 2.23. The summed E-state index contributed by atoms with van der Waals surface area (Å²) in [5, 5.41) is 2.90. The third-order valence-corrected chi connectivity index (χ3v) is 3.51. The molecular weight excluding hydrogens is 262 g/mol. The number of ether oxygens (including phenoxy) is 1. The van der Waals surface area contributed by atoms with Gasteiger partial charge in [0.2, 0.25) is 0 Å². The van der Waals surface area contributed by atoms with Crippen LogP contribution in [0.1, 0.15) is 0 Å². The van der Waals surface area contributed by atoms with Crippen molar-refractivity contribution < 1.29 is 4.74 Å². The van der Waals surface area contributed by atoms with Crippen LogP contribution < -0.4 is 15.9 Å². The van der Waals surface area contributed by atoms with Crippen LogP contribution in [0.2, 0.25) is 0 Å². The molecule has 6 heteroatoms. The number of nitrogens with zero attached hydrogens (tertiary/aromatic N) is 1. The monoisotopic (exact) mass is 273 g/mol. The van der Waals surface area contributed by atoms with Gasteiger partial charge in [-0.1, -0.05) is 0 Å². The molecule has 96 valence electrons. The molecule has 0 atom stereocenters. The van der Waals surface area contributed by atoms with Crippen LogP contribution in [0.5, 0.6) is 5.75 Å². The number of aromatic nitrogens is 2. The summed E-state index contributed by atoms with van der Waals surface area (Å²) >= 11 is 1.34. The van der Waals surface area contributed by atoms with Gasteiger partial charge in [0, 0.05) is 22.9 Å². The lowest BCUT2D eigenvalue weighted by Crippen LogP contribution is -2.03. The first-order chi connectivity index (χ1) is 9.17. The van der Waals surface area contributed by atoms with Crippen LogP contribution in [0.15, 0.2) is 34.4 Å². The second-order valence-electron chi connectivity index (χ2n) is 4.03. The van der Waals surface area contributed by atoms with E-state index >= 15 is 0 Å². The molecule has 0 fully saturated rings. The van der Waals surface area contributed by atoms with Crippen molar-refractivity contribution >= 4 is 27.4 Å². The molecule has 0 aliphatic heterocycles. The summed E-state index contributed by atoms with van der Waals surface area (Å²) in [7, 11) is 1.59. The van der Waals surface area contributed by atoms with E-state index in [1.165, 1.54) is 17.4 Å². The zero-order chi connectivity index (χ0) is 13.4. The molecule has 1 aromatic carbocycles. The van der Waals surface area contributed by atoms with Gasteiger partial charge < -0.3 is 15.5 Å². The zero-order valence-corrected chi connectivity index (χ0v) is 11.0. The largest absolute Gasteiger partial charge is 0.497 e. The van der Waals surface area contributed by atoms with Gasteiger partial charge in [0.1, 0.15) is 5.75 Å². The molecule has 19 heavy (non-hydrogen) atoms. The van der Waals surface area contributed by atoms with Gasteiger partial charge in [-0.3, -0.25) is 4.79 Å². The summed E-state index contributed by atoms with van der Waals surface area (Å²) in [5.41, 5.74) is 7.59. The van der Waals surface area contributed by atoms with Gasteiger partial charge in [-0.2, -0.15) is 0 Å². The van der Waals surface area contributed by atoms with Crippen molar-refractivity contribution in [2.45, 2.75) is 0 Å². The number of hydrogen-bond donors (Lipinski definition) is 2. The highest BCUT2D eigenvalue weighted by atomic mass is 32.1. The second-order valence-corrected chi connectivity index (χ2v) is 4.92. The van der Waals surface area contributed by atoms with E-state index in [-0.39, 0.29) is 5.43 Å². The van der Waals surface area contributed by atoms with Crippen molar-refractivity contribution in [2.24, 2.45) is 0 Å². The maximum absolute atomic E-state index is 12.1. The Hall–Kier alpha value is -2.34. The van der Waals surface area contributed by atoms with E-state index in [1.807, 2.05) is 5.38 Å². The molecule has 0 saturated heterocycles. The van der Waals surface area contributed by atoms with Crippen molar-refractivity contribution in [3.63, 3.8) is 0 Å². The molecular formula is C13H11N3O2S. The van der Waals surface area contributed by atoms with Crippen molar-refractivity contribution in [1.82, 2.24) is 9.97 Å². The van der Waals surface area contributed by atoms with E-state index in [0.29, 0.717) is 33.2 Å². The molecule has 0 spiro atoms. The fraction of sp³-hybridized carbons (Fsp3) is 0.0769. The number of fused-ring (bicyclic) bond motifs is 1. The second kappa shape index (κ2) is 4.40. The molecule has 0 saturated carbocycles. The molecule has 0 aliphatic carbocycles. The van der Waals surface area contributed by atoms with Crippen LogP contribution in [0.4, 0.5) is 5.13 Å².